The predicted octanol–water partition coefficient (Wildman–Crippen LogP) is 5.02. The second-order valence-electron chi connectivity index (χ2n) is 5.48. The molecule has 0 aliphatic rings. The molecule has 2 aromatic rings. The average Bonchev–Trinajstić information content (AvgIpc) is 2.62. The molecule has 0 heterocycles. The molecule has 0 saturated carbocycles. The van der Waals surface area contributed by atoms with Crippen molar-refractivity contribution in [3.63, 3.8) is 0 Å². The molecule has 23 heavy (non-hydrogen) atoms. The topological polar surface area (TPSA) is 38.7 Å². The van der Waals surface area contributed by atoms with Gasteiger partial charge in [0.1, 0.15) is 5.75 Å². The van der Waals surface area contributed by atoms with Crippen LogP contribution in [0.1, 0.15) is 32.1 Å². The highest BCUT2D eigenvalue weighted by atomic mass is 16.5. The quantitative estimate of drug-likeness (QED) is 0.351. The molecular formula is C20H23NO2. The van der Waals surface area contributed by atoms with E-state index in [-0.39, 0.29) is 0 Å². The van der Waals surface area contributed by atoms with Crippen LogP contribution in [0.2, 0.25) is 0 Å². The molecule has 0 aliphatic heterocycles. The summed E-state index contributed by atoms with van der Waals surface area (Å²) >= 11 is 0. The summed E-state index contributed by atoms with van der Waals surface area (Å²) in [4.78, 5) is 13.5. The number of hydrogen-bond acceptors (Lipinski definition) is 3. The number of isocyanates is 1. The molecule has 0 radical (unpaired) electrons. The Kier molecular flexibility index (Phi) is 7.65. The van der Waals surface area contributed by atoms with E-state index in [0.29, 0.717) is 6.54 Å². The second kappa shape index (κ2) is 10.4. The van der Waals surface area contributed by atoms with Crippen molar-refractivity contribution in [2.75, 3.05) is 13.2 Å². The molecule has 0 saturated heterocycles. The van der Waals surface area contributed by atoms with Crippen molar-refractivity contribution < 1.29 is 9.53 Å². The summed E-state index contributed by atoms with van der Waals surface area (Å²) in [5.41, 5.74) is 2.42. The lowest BCUT2D eigenvalue weighted by Crippen LogP contribution is -1.97. The molecule has 0 N–H and O–H groups in total. The lowest BCUT2D eigenvalue weighted by Gasteiger charge is -2.07. The molecule has 0 atom stereocenters. The van der Waals surface area contributed by atoms with Crippen LogP contribution in [0, 0.1) is 0 Å². The van der Waals surface area contributed by atoms with E-state index in [1.165, 1.54) is 11.1 Å². The first-order valence-corrected chi connectivity index (χ1v) is 8.22. The molecule has 0 fully saturated rings. The van der Waals surface area contributed by atoms with E-state index in [0.717, 1.165) is 44.5 Å². The first kappa shape index (κ1) is 17.0. The van der Waals surface area contributed by atoms with E-state index in [2.05, 4.69) is 29.3 Å². The van der Waals surface area contributed by atoms with Crippen molar-refractivity contribution in [2.45, 2.75) is 32.1 Å². The van der Waals surface area contributed by atoms with Crippen LogP contribution in [0.15, 0.2) is 59.6 Å². The first-order chi connectivity index (χ1) is 11.4. The SMILES string of the molecule is O=C=NCCCCCCCOc1ccc(-c2ccccc2)cc1. The fourth-order valence-corrected chi connectivity index (χ4v) is 2.43. The van der Waals surface area contributed by atoms with Crippen molar-refractivity contribution in [3.8, 4) is 16.9 Å². The van der Waals surface area contributed by atoms with Gasteiger partial charge in [-0.3, -0.25) is 0 Å². The van der Waals surface area contributed by atoms with E-state index in [1.54, 1.807) is 6.08 Å². The Labute approximate surface area is 138 Å². The van der Waals surface area contributed by atoms with Crippen LogP contribution >= 0.6 is 0 Å². The van der Waals surface area contributed by atoms with E-state index >= 15 is 0 Å². The number of nitrogens with zero attached hydrogens (tertiary/aromatic N) is 1. The number of aliphatic imine (C=N–C) groups is 1. The lowest BCUT2D eigenvalue weighted by atomic mass is 10.1. The minimum Gasteiger partial charge on any atom is -0.494 e. The van der Waals surface area contributed by atoms with Gasteiger partial charge >= 0.3 is 0 Å². The van der Waals surface area contributed by atoms with E-state index < -0.39 is 0 Å². The number of rotatable bonds is 10. The average molecular weight is 309 g/mol. The third-order valence-electron chi connectivity index (χ3n) is 3.71. The Morgan fingerprint density at radius 2 is 1.43 bits per heavy atom. The molecule has 0 amide bonds. The van der Waals surface area contributed by atoms with Gasteiger partial charge in [0, 0.05) is 0 Å². The number of benzene rings is 2. The monoisotopic (exact) mass is 309 g/mol. The van der Waals surface area contributed by atoms with Gasteiger partial charge in [-0.15, -0.1) is 0 Å². The minimum absolute atomic E-state index is 0.605. The summed E-state index contributed by atoms with van der Waals surface area (Å²) in [6.45, 7) is 1.35. The molecule has 0 bridgehead atoms. The van der Waals surface area contributed by atoms with Gasteiger partial charge in [-0.25, -0.2) is 9.79 Å². The molecule has 2 aromatic carbocycles. The normalized spacial score (nSPS) is 10.1. The number of carbonyl (C=O) groups excluding carboxylic acids is 1. The molecule has 0 spiro atoms. The fraction of sp³-hybridized carbons (Fsp3) is 0.350. The van der Waals surface area contributed by atoms with Crippen molar-refractivity contribution in [1.82, 2.24) is 0 Å². The van der Waals surface area contributed by atoms with Gasteiger partial charge in [0.2, 0.25) is 6.08 Å². The summed E-state index contributed by atoms with van der Waals surface area (Å²) in [5, 5.41) is 0. The molecule has 3 heteroatoms. The van der Waals surface area contributed by atoms with Crippen LogP contribution in [0.25, 0.3) is 11.1 Å². The highest BCUT2D eigenvalue weighted by Crippen LogP contribution is 2.22. The smallest absolute Gasteiger partial charge is 0.234 e. The van der Waals surface area contributed by atoms with Gasteiger partial charge in [-0.05, 0) is 36.1 Å². The maximum atomic E-state index is 9.91. The zero-order chi connectivity index (χ0) is 16.2. The Morgan fingerprint density at radius 3 is 2.17 bits per heavy atom. The standard InChI is InChI=1S/C20H23NO2/c22-17-21-15-7-2-1-3-8-16-23-20-13-11-19(12-14-20)18-9-5-4-6-10-18/h4-6,9-14H,1-3,7-8,15-16H2. The van der Waals surface area contributed by atoms with Crippen LogP contribution < -0.4 is 4.74 Å². The van der Waals surface area contributed by atoms with Crippen molar-refractivity contribution in [1.29, 1.82) is 0 Å². The molecule has 0 aliphatic carbocycles. The Morgan fingerprint density at radius 1 is 0.783 bits per heavy atom. The molecule has 0 unspecified atom stereocenters. The summed E-state index contributed by atoms with van der Waals surface area (Å²) < 4.78 is 5.77. The van der Waals surface area contributed by atoms with Crippen LogP contribution in [0.4, 0.5) is 0 Å². The van der Waals surface area contributed by atoms with E-state index in [9.17, 15) is 4.79 Å². The van der Waals surface area contributed by atoms with Crippen LogP contribution in [-0.2, 0) is 4.79 Å². The van der Waals surface area contributed by atoms with Gasteiger partial charge in [0.15, 0.2) is 0 Å². The van der Waals surface area contributed by atoms with Crippen molar-refractivity contribution >= 4 is 6.08 Å². The molecule has 120 valence electrons. The Bertz CT molecular complexity index is 601. The summed E-state index contributed by atoms with van der Waals surface area (Å²) in [7, 11) is 0. The fourth-order valence-electron chi connectivity index (χ4n) is 2.43. The maximum Gasteiger partial charge on any atom is 0.234 e. The third-order valence-corrected chi connectivity index (χ3v) is 3.71. The number of unbranched alkanes of at least 4 members (excludes halogenated alkanes) is 4. The first-order valence-electron chi connectivity index (χ1n) is 8.22. The molecule has 2 rings (SSSR count). The van der Waals surface area contributed by atoms with Gasteiger partial charge in [-0.1, -0.05) is 61.7 Å². The minimum atomic E-state index is 0.605. The highest BCUT2D eigenvalue weighted by molar-refractivity contribution is 5.63. The number of hydrogen-bond donors (Lipinski definition) is 0. The summed E-state index contributed by atoms with van der Waals surface area (Å²) in [6.07, 6.45) is 7.00. The van der Waals surface area contributed by atoms with Crippen molar-refractivity contribution in [2.24, 2.45) is 4.99 Å². The van der Waals surface area contributed by atoms with Gasteiger partial charge in [-0.2, -0.15) is 0 Å². The molecular weight excluding hydrogens is 286 g/mol. The summed E-state index contributed by atoms with van der Waals surface area (Å²) in [5.74, 6) is 0.921. The highest BCUT2D eigenvalue weighted by Gasteiger charge is 1.98. The van der Waals surface area contributed by atoms with E-state index in [4.69, 9.17) is 4.74 Å². The van der Waals surface area contributed by atoms with Crippen molar-refractivity contribution in [3.05, 3.63) is 54.6 Å². The Balaban J connectivity index is 1.62. The largest absolute Gasteiger partial charge is 0.494 e. The lowest BCUT2D eigenvalue weighted by molar-refractivity contribution is 0.304. The molecule has 3 nitrogen and oxygen atoms in total. The van der Waals surface area contributed by atoms with Crippen LogP contribution in [0.5, 0.6) is 5.75 Å². The van der Waals surface area contributed by atoms with Gasteiger partial charge in [0.25, 0.3) is 0 Å². The van der Waals surface area contributed by atoms with Crippen LogP contribution in [0.3, 0.4) is 0 Å². The molecule has 0 aromatic heterocycles. The van der Waals surface area contributed by atoms with Gasteiger partial charge in [0.05, 0.1) is 13.2 Å². The van der Waals surface area contributed by atoms with E-state index in [1.807, 2.05) is 30.3 Å². The zero-order valence-electron chi connectivity index (χ0n) is 13.4. The van der Waals surface area contributed by atoms with Crippen LogP contribution in [-0.4, -0.2) is 19.2 Å². The predicted molar refractivity (Wildman–Crippen MR) is 93.4 cm³/mol. The summed E-state index contributed by atoms with van der Waals surface area (Å²) in [6, 6.07) is 18.6. The Hall–Kier alpha value is -2.38. The number of ether oxygens (including phenoxy) is 1. The third kappa shape index (κ3) is 6.50. The zero-order valence-corrected chi connectivity index (χ0v) is 13.4. The van der Waals surface area contributed by atoms with Gasteiger partial charge < -0.3 is 4.74 Å². The second-order valence-corrected chi connectivity index (χ2v) is 5.48. The maximum absolute atomic E-state index is 9.91.